The van der Waals surface area contributed by atoms with Crippen LogP contribution in [-0.2, 0) is 0 Å². The van der Waals surface area contributed by atoms with Gasteiger partial charge in [0.2, 0.25) is 0 Å². The van der Waals surface area contributed by atoms with Crippen LogP contribution >= 0.6 is 23.1 Å². The summed E-state index contributed by atoms with van der Waals surface area (Å²) in [4.78, 5) is 4.39. The number of thioether (sulfide) groups is 1. The van der Waals surface area contributed by atoms with Crippen LogP contribution in [0.5, 0.6) is 0 Å². The van der Waals surface area contributed by atoms with Crippen molar-refractivity contribution in [3.05, 3.63) is 11.1 Å². The minimum absolute atomic E-state index is 0.555. The van der Waals surface area contributed by atoms with Gasteiger partial charge < -0.3 is 0 Å². The standard InChI is InChI=1S/C5H3N2S2/c1-8-5-7-3-4(2-6)9-5/h1H3. The van der Waals surface area contributed by atoms with E-state index in [2.05, 4.69) is 11.2 Å². The number of aromatic nitrogens is 1. The van der Waals surface area contributed by atoms with Gasteiger partial charge in [0.25, 0.3) is 0 Å². The fourth-order valence-corrected chi connectivity index (χ4v) is 1.49. The number of nitriles is 1. The lowest BCUT2D eigenvalue weighted by atomic mass is 10.6. The molecule has 0 aromatic carbocycles. The van der Waals surface area contributed by atoms with E-state index in [-0.39, 0.29) is 0 Å². The van der Waals surface area contributed by atoms with Crippen molar-refractivity contribution in [1.29, 1.82) is 5.26 Å². The highest BCUT2D eigenvalue weighted by Gasteiger charge is 1.97. The third-order valence-corrected chi connectivity index (χ3v) is 2.56. The molecule has 0 aliphatic rings. The number of hydrogen-bond acceptors (Lipinski definition) is 4. The summed E-state index contributed by atoms with van der Waals surface area (Å²) in [6.07, 6.45) is 4.52. The first-order valence-corrected chi connectivity index (χ1v) is 4.23. The zero-order valence-electron chi connectivity index (χ0n) is 4.71. The van der Waals surface area contributed by atoms with E-state index >= 15 is 0 Å². The highest BCUT2D eigenvalue weighted by Crippen LogP contribution is 2.19. The lowest BCUT2D eigenvalue weighted by molar-refractivity contribution is 1.24. The van der Waals surface area contributed by atoms with Gasteiger partial charge >= 0.3 is 0 Å². The van der Waals surface area contributed by atoms with E-state index in [1.165, 1.54) is 23.1 Å². The van der Waals surface area contributed by atoms with Gasteiger partial charge in [-0.05, 0) is 6.26 Å². The van der Waals surface area contributed by atoms with Crippen molar-refractivity contribution >= 4 is 23.1 Å². The minimum atomic E-state index is 0.555. The lowest BCUT2D eigenvalue weighted by Crippen LogP contribution is -1.59. The van der Waals surface area contributed by atoms with Gasteiger partial charge in [-0.25, -0.2) is 4.98 Å². The second-order valence-electron chi connectivity index (χ2n) is 1.24. The molecule has 45 valence electrons. The first kappa shape index (κ1) is 6.59. The number of thiazole rings is 1. The molecule has 0 spiro atoms. The van der Waals surface area contributed by atoms with Gasteiger partial charge in [-0.3, -0.25) is 0 Å². The maximum absolute atomic E-state index is 8.33. The summed E-state index contributed by atoms with van der Waals surface area (Å²) in [5.41, 5.74) is 0. The van der Waals surface area contributed by atoms with Crippen LogP contribution in [0.15, 0.2) is 4.34 Å². The van der Waals surface area contributed by atoms with Gasteiger partial charge in [0, 0.05) is 0 Å². The number of hydrogen-bond donors (Lipinski definition) is 0. The maximum atomic E-state index is 8.33. The van der Waals surface area contributed by atoms with E-state index in [9.17, 15) is 0 Å². The normalized spacial score (nSPS) is 8.89. The van der Waals surface area contributed by atoms with Crippen molar-refractivity contribution in [2.75, 3.05) is 6.26 Å². The van der Waals surface area contributed by atoms with Gasteiger partial charge in [0.15, 0.2) is 4.34 Å². The Morgan fingerprint density at radius 2 is 2.67 bits per heavy atom. The molecule has 0 unspecified atom stereocenters. The Kier molecular flexibility index (Phi) is 2.09. The van der Waals surface area contributed by atoms with Crippen LogP contribution in [0.1, 0.15) is 4.88 Å². The molecule has 1 aromatic rings. The molecule has 0 bridgehead atoms. The quantitative estimate of drug-likeness (QED) is 0.577. The Morgan fingerprint density at radius 1 is 1.89 bits per heavy atom. The Morgan fingerprint density at radius 3 is 3.00 bits per heavy atom. The SMILES string of the molecule is CSc1n[c]c(C#N)s1. The molecular formula is C5H3N2S2. The van der Waals surface area contributed by atoms with Crippen molar-refractivity contribution in [3.63, 3.8) is 0 Å². The molecule has 9 heavy (non-hydrogen) atoms. The fourth-order valence-electron chi connectivity index (χ4n) is 0.365. The van der Waals surface area contributed by atoms with E-state index in [1.807, 2.05) is 12.3 Å². The topological polar surface area (TPSA) is 36.7 Å². The lowest BCUT2D eigenvalue weighted by Gasteiger charge is -1.77. The second kappa shape index (κ2) is 2.85. The fraction of sp³-hybridized carbons (Fsp3) is 0.200. The summed E-state index contributed by atoms with van der Waals surface area (Å²) in [7, 11) is 0. The van der Waals surface area contributed by atoms with Gasteiger partial charge in [-0.1, -0.05) is 23.1 Å². The van der Waals surface area contributed by atoms with E-state index in [1.54, 1.807) is 0 Å². The van der Waals surface area contributed by atoms with Gasteiger partial charge in [-0.15, -0.1) is 0 Å². The average Bonchev–Trinajstić information content (AvgIpc) is 2.34. The van der Waals surface area contributed by atoms with Crippen LogP contribution < -0.4 is 0 Å². The molecular weight excluding hydrogens is 152 g/mol. The number of nitrogens with zero attached hydrogens (tertiary/aromatic N) is 2. The van der Waals surface area contributed by atoms with Crippen LogP contribution in [0.3, 0.4) is 0 Å². The Balaban J connectivity index is 2.90. The predicted octanol–water partition coefficient (Wildman–Crippen LogP) is 1.54. The molecule has 1 rings (SSSR count). The van der Waals surface area contributed by atoms with Crippen LogP contribution in [0.2, 0.25) is 0 Å². The smallest absolute Gasteiger partial charge is 0.151 e. The van der Waals surface area contributed by atoms with Gasteiger partial charge in [0.1, 0.15) is 17.1 Å². The van der Waals surface area contributed by atoms with Crippen LogP contribution in [0.4, 0.5) is 0 Å². The highest BCUT2D eigenvalue weighted by molar-refractivity contribution is 8.00. The monoisotopic (exact) mass is 155 g/mol. The first-order valence-electron chi connectivity index (χ1n) is 2.19. The van der Waals surface area contributed by atoms with Crippen molar-refractivity contribution in [2.24, 2.45) is 0 Å². The molecule has 0 aliphatic heterocycles. The zero-order chi connectivity index (χ0) is 6.69. The van der Waals surface area contributed by atoms with Crippen LogP contribution in [0.25, 0.3) is 0 Å². The van der Waals surface area contributed by atoms with E-state index in [0.29, 0.717) is 4.88 Å². The Labute approximate surface area is 61.5 Å². The predicted molar refractivity (Wildman–Crippen MR) is 37.4 cm³/mol. The molecule has 0 aliphatic carbocycles. The van der Waals surface area contributed by atoms with E-state index < -0.39 is 0 Å². The van der Waals surface area contributed by atoms with Crippen molar-refractivity contribution in [3.8, 4) is 6.07 Å². The molecule has 1 radical (unpaired) electrons. The third kappa shape index (κ3) is 1.44. The minimum Gasteiger partial charge on any atom is -0.226 e. The largest absolute Gasteiger partial charge is 0.226 e. The molecule has 0 fully saturated rings. The number of rotatable bonds is 1. The van der Waals surface area contributed by atoms with Gasteiger partial charge in [-0.2, -0.15) is 5.26 Å². The molecule has 0 saturated carbocycles. The first-order chi connectivity index (χ1) is 4.36. The molecule has 4 heteroatoms. The average molecular weight is 155 g/mol. The van der Waals surface area contributed by atoms with E-state index in [4.69, 9.17) is 5.26 Å². The van der Waals surface area contributed by atoms with Crippen molar-refractivity contribution in [1.82, 2.24) is 4.98 Å². The summed E-state index contributed by atoms with van der Waals surface area (Å²) in [6.45, 7) is 0. The van der Waals surface area contributed by atoms with Crippen molar-refractivity contribution in [2.45, 2.75) is 4.34 Å². The third-order valence-electron chi connectivity index (χ3n) is 0.714. The summed E-state index contributed by atoms with van der Waals surface area (Å²) in [6, 6.07) is 1.97. The molecule has 0 atom stereocenters. The molecule has 0 amide bonds. The van der Waals surface area contributed by atoms with Crippen molar-refractivity contribution < 1.29 is 0 Å². The maximum Gasteiger partial charge on any atom is 0.151 e. The van der Waals surface area contributed by atoms with E-state index in [0.717, 1.165) is 4.34 Å². The molecule has 0 N–H and O–H groups in total. The van der Waals surface area contributed by atoms with Crippen LogP contribution in [-0.4, -0.2) is 11.2 Å². The summed E-state index contributed by atoms with van der Waals surface area (Å²) in [5, 5.41) is 8.33. The Bertz CT molecular complexity index is 235. The summed E-state index contributed by atoms with van der Waals surface area (Å²) >= 11 is 2.90. The van der Waals surface area contributed by atoms with Crippen LogP contribution in [0, 0.1) is 17.5 Å². The molecule has 1 heterocycles. The molecule has 2 nitrogen and oxygen atoms in total. The molecule has 1 aromatic heterocycles. The molecule has 0 saturated heterocycles. The summed E-state index contributed by atoms with van der Waals surface area (Å²) < 4.78 is 0.895. The Hall–Kier alpha value is -0.530. The van der Waals surface area contributed by atoms with Gasteiger partial charge in [0.05, 0.1) is 0 Å². The summed E-state index contributed by atoms with van der Waals surface area (Å²) in [5.74, 6) is 0. The zero-order valence-corrected chi connectivity index (χ0v) is 6.34. The second-order valence-corrected chi connectivity index (χ2v) is 3.29. The highest BCUT2D eigenvalue weighted by atomic mass is 32.2.